The van der Waals surface area contributed by atoms with E-state index in [0.29, 0.717) is 17.7 Å². The fourth-order valence-corrected chi connectivity index (χ4v) is 6.35. The molecule has 4 atom stereocenters. The number of carbonyl (C=O) groups is 2. The summed E-state index contributed by atoms with van der Waals surface area (Å²) in [6.45, 7) is 12.2. The number of esters is 1. The summed E-state index contributed by atoms with van der Waals surface area (Å²) in [5.74, 6) is 0.136. The van der Waals surface area contributed by atoms with E-state index in [-0.39, 0.29) is 17.9 Å². The van der Waals surface area contributed by atoms with Crippen LogP contribution in [0.4, 0.5) is 0 Å². The number of aromatic nitrogens is 1. The van der Waals surface area contributed by atoms with Crippen LogP contribution in [0.25, 0.3) is 11.3 Å². The SMILES string of the molecule is COC(=O)C1CCC(C)C(c2ccc(C)cc2)N1C(=O)c1ccc(C=NOC(C)c2cc(-c3c(C)cc(C)cc3C)no2)cc1. The zero-order valence-corrected chi connectivity index (χ0v) is 27.0. The number of hydrogen-bond donors (Lipinski definition) is 0. The number of likely N-dealkylation sites (tertiary alicyclic amines) is 1. The number of hydrogen-bond acceptors (Lipinski definition) is 7. The lowest BCUT2D eigenvalue weighted by atomic mass is 9.82. The Labute approximate surface area is 265 Å². The monoisotopic (exact) mass is 607 g/mol. The number of carbonyl (C=O) groups excluding carboxylic acids is 2. The molecule has 0 N–H and O–H groups in total. The van der Waals surface area contributed by atoms with Crippen LogP contribution in [0.5, 0.6) is 0 Å². The predicted molar refractivity (Wildman–Crippen MR) is 174 cm³/mol. The quantitative estimate of drug-likeness (QED) is 0.115. The molecule has 1 aromatic heterocycles. The summed E-state index contributed by atoms with van der Waals surface area (Å²) in [5.41, 5.74) is 8.70. The first-order chi connectivity index (χ1) is 21.6. The number of ether oxygens (including phenoxy) is 1. The third kappa shape index (κ3) is 6.85. The summed E-state index contributed by atoms with van der Waals surface area (Å²) in [5, 5.41) is 8.43. The van der Waals surface area contributed by atoms with Crippen LogP contribution in [0.3, 0.4) is 0 Å². The Morgan fingerprint density at radius 3 is 2.27 bits per heavy atom. The third-order valence-electron chi connectivity index (χ3n) is 8.64. The van der Waals surface area contributed by atoms with Crippen molar-refractivity contribution in [3.05, 3.63) is 111 Å². The van der Waals surface area contributed by atoms with E-state index >= 15 is 0 Å². The molecule has 0 aliphatic carbocycles. The summed E-state index contributed by atoms with van der Waals surface area (Å²) >= 11 is 0. The number of benzene rings is 3. The van der Waals surface area contributed by atoms with Gasteiger partial charge in [-0.3, -0.25) is 4.79 Å². The Balaban J connectivity index is 1.29. The summed E-state index contributed by atoms with van der Waals surface area (Å²) in [7, 11) is 1.37. The first-order valence-corrected chi connectivity index (χ1v) is 15.4. The lowest BCUT2D eigenvalue weighted by Gasteiger charge is -2.44. The first-order valence-electron chi connectivity index (χ1n) is 15.4. The molecule has 1 amide bonds. The van der Waals surface area contributed by atoms with Crippen LogP contribution >= 0.6 is 0 Å². The van der Waals surface area contributed by atoms with Gasteiger partial charge in [0.1, 0.15) is 11.7 Å². The molecule has 45 heavy (non-hydrogen) atoms. The predicted octanol–water partition coefficient (Wildman–Crippen LogP) is 7.84. The van der Waals surface area contributed by atoms with Gasteiger partial charge < -0.3 is 19.0 Å². The molecule has 0 bridgehead atoms. The Hall–Kier alpha value is -4.72. The average molecular weight is 608 g/mol. The van der Waals surface area contributed by atoms with E-state index in [0.717, 1.165) is 45.5 Å². The minimum absolute atomic E-state index is 0.175. The normalized spacial score (nSPS) is 19.0. The smallest absolute Gasteiger partial charge is 0.328 e. The van der Waals surface area contributed by atoms with E-state index in [2.05, 4.69) is 50.1 Å². The van der Waals surface area contributed by atoms with Gasteiger partial charge in [0.05, 0.1) is 19.4 Å². The van der Waals surface area contributed by atoms with Crippen LogP contribution in [0.2, 0.25) is 0 Å². The molecule has 1 saturated heterocycles. The Kier molecular flexibility index (Phi) is 9.51. The van der Waals surface area contributed by atoms with Gasteiger partial charge in [0, 0.05) is 17.2 Å². The highest BCUT2D eigenvalue weighted by Crippen LogP contribution is 2.40. The van der Waals surface area contributed by atoms with Gasteiger partial charge in [-0.1, -0.05) is 76.9 Å². The minimum Gasteiger partial charge on any atom is -0.467 e. The topological polar surface area (TPSA) is 94.2 Å². The van der Waals surface area contributed by atoms with Crippen LogP contribution in [0.15, 0.2) is 76.4 Å². The number of methoxy groups -OCH3 is 1. The molecule has 0 spiro atoms. The minimum atomic E-state index is -0.656. The molecule has 1 fully saturated rings. The summed E-state index contributed by atoms with van der Waals surface area (Å²) in [6.07, 6.45) is 2.51. The summed E-state index contributed by atoms with van der Waals surface area (Å²) < 4.78 is 10.7. The number of piperidine rings is 1. The van der Waals surface area contributed by atoms with E-state index in [9.17, 15) is 9.59 Å². The van der Waals surface area contributed by atoms with E-state index < -0.39 is 18.1 Å². The highest BCUT2D eigenvalue weighted by atomic mass is 16.6. The molecule has 3 aromatic carbocycles. The van der Waals surface area contributed by atoms with Crippen molar-refractivity contribution in [2.75, 3.05) is 7.11 Å². The highest BCUT2D eigenvalue weighted by molar-refractivity contribution is 5.98. The van der Waals surface area contributed by atoms with Gasteiger partial charge in [-0.2, -0.15) is 0 Å². The molecule has 4 unspecified atom stereocenters. The zero-order valence-electron chi connectivity index (χ0n) is 27.0. The molecule has 8 nitrogen and oxygen atoms in total. The van der Waals surface area contributed by atoms with Crippen molar-refractivity contribution in [2.45, 2.75) is 72.6 Å². The second-order valence-corrected chi connectivity index (χ2v) is 12.2. The van der Waals surface area contributed by atoms with E-state index in [1.165, 1.54) is 12.7 Å². The maximum atomic E-state index is 14.0. The molecule has 0 radical (unpaired) electrons. The number of oxime groups is 1. The van der Waals surface area contributed by atoms with Crippen molar-refractivity contribution in [2.24, 2.45) is 11.1 Å². The van der Waals surface area contributed by atoms with Crippen LogP contribution in [0, 0.1) is 33.6 Å². The summed E-state index contributed by atoms with van der Waals surface area (Å²) in [6, 6.07) is 20.5. The van der Waals surface area contributed by atoms with Crippen molar-refractivity contribution in [1.82, 2.24) is 10.1 Å². The molecule has 8 heteroatoms. The standard InChI is InChI=1S/C37H41N3O5/c1-22-8-13-29(14-9-22)35-24(3)10-17-32(37(42)43-7)40(35)36(41)30-15-11-28(12-16-30)21-38-44-27(6)33-20-31(39-45-33)34-25(4)18-23(2)19-26(34)5/h8-9,11-16,18-21,24,27,32,35H,10,17H2,1-7H3. The lowest BCUT2D eigenvalue weighted by Crippen LogP contribution is -2.52. The molecular weight excluding hydrogens is 566 g/mol. The molecular formula is C37H41N3O5. The van der Waals surface area contributed by atoms with Crippen LogP contribution in [0.1, 0.15) is 88.3 Å². The van der Waals surface area contributed by atoms with Gasteiger partial charge in [-0.05, 0) is 87.8 Å². The van der Waals surface area contributed by atoms with E-state index in [4.69, 9.17) is 14.1 Å². The molecule has 1 aliphatic rings. The molecule has 1 aliphatic heterocycles. The van der Waals surface area contributed by atoms with Crippen LogP contribution < -0.4 is 0 Å². The maximum absolute atomic E-state index is 14.0. The average Bonchev–Trinajstić information content (AvgIpc) is 3.50. The Morgan fingerprint density at radius 1 is 0.956 bits per heavy atom. The van der Waals surface area contributed by atoms with Crippen molar-refractivity contribution in [3.63, 3.8) is 0 Å². The third-order valence-corrected chi connectivity index (χ3v) is 8.64. The number of nitrogens with zero attached hydrogens (tertiary/aromatic N) is 3. The summed E-state index contributed by atoms with van der Waals surface area (Å²) in [4.78, 5) is 34.2. The lowest BCUT2D eigenvalue weighted by molar-refractivity contribution is -0.149. The highest BCUT2D eigenvalue weighted by Gasteiger charge is 2.43. The number of amides is 1. The second kappa shape index (κ2) is 13.5. The van der Waals surface area contributed by atoms with Gasteiger partial charge in [-0.15, -0.1) is 0 Å². The van der Waals surface area contributed by atoms with Crippen LogP contribution in [-0.4, -0.2) is 41.3 Å². The fraction of sp³-hybridized carbons (Fsp3) is 0.351. The van der Waals surface area contributed by atoms with Crippen molar-refractivity contribution in [1.29, 1.82) is 0 Å². The van der Waals surface area contributed by atoms with Crippen molar-refractivity contribution in [3.8, 4) is 11.3 Å². The number of aryl methyl sites for hydroxylation is 4. The van der Waals surface area contributed by atoms with Gasteiger partial charge >= 0.3 is 5.97 Å². The largest absolute Gasteiger partial charge is 0.467 e. The molecule has 4 aromatic rings. The molecule has 2 heterocycles. The van der Waals surface area contributed by atoms with E-state index in [1.807, 2.05) is 56.3 Å². The van der Waals surface area contributed by atoms with Crippen LogP contribution in [-0.2, 0) is 14.4 Å². The maximum Gasteiger partial charge on any atom is 0.328 e. The van der Waals surface area contributed by atoms with Gasteiger partial charge in [0.15, 0.2) is 11.9 Å². The van der Waals surface area contributed by atoms with Gasteiger partial charge in [0.25, 0.3) is 5.91 Å². The fourth-order valence-electron chi connectivity index (χ4n) is 6.35. The van der Waals surface area contributed by atoms with Crippen molar-refractivity contribution < 1.29 is 23.7 Å². The zero-order chi connectivity index (χ0) is 32.2. The van der Waals surface area contributed by atoms with Gasteiger partial charge in [-0.25, -0.2) is 4.79 Å². The van der Waals surface area contributed by atoms with Gasteiger partial charge in [0.2, 0.25) is 0 Å². The molecule has 0 saturated carbocycles. The van der Waals surface area contributed by atoms with Crippen molar-refractivity contribution >= 4 is 18.1 Å². The molecule has 5 rings (SSSR count). The first kappa shape index (κ1) is 31.7. The molecule has 234 valence electrons. The number of rotatable bonds is 8. The van der Waals surface area contributed by atoms with E-state index in [1.54, 1.807) is 23.2 Å². The Bertz CT molecular complexity index is 1670. The Morgan fingerprint density at radius 2 is 1.62 bits per heavy atom. The second-order valence-electron chi connectivity index (χ2n) is 12.2.